The third-order valence-electron chi connectivity index (χ3n) is 4.36. The zero-order valence-corrected chi connectivity index (χ0v) is 12.5. The van der Waals surface area contributed by atoms with E-state index in [1.807, 2.05) is 0 Å². The molecule has 3 heteroatoms. The van der Waals surface area contributed by atoms with Crippen LogP contribution in [0.2, 0.25) is 0 Å². The summed E-state index contributed by atoms with van der Waals surface area (Å²) in [5.74, 6) is 1.65. The van der Waals surface area contributed by atoms with Crippen LogP contribution in [0.5, 0.6) is 11.5 Å². The summed E-state index contributed by atoms with van der Waals surface area (Å²) in [5.41, 5.74) is 9.90. The van der Waals surface area contributed by atoms with Crippen LogP contribution >= 0.6 is 0 Å². The zero-order chi connectivity index (χ0) is 14.0. The fourth-order valence-corrected chi connectivity index (χ4v) is 3.33. The SMILES string of the molecule is COc1c(C)cc(C2(N)CCCCC2)c(C)c1OC. The van der Waals surface area contributed by atoms with Gasteiger partial charge in [0.15, 0.2) is 11.5 Å². The summed E-state index contributed by atoms with van der Waals surface area (Å²) in [5, 5.41) is 0. The predicted octanol–water partition coefficient (Wildman–Crippen LogP) is 3.44. The Kier molecular flexibility index (Phi) is 4.04. The number of aryl methyl sites for hydroxylation is 1. The molecule has 0 heterocycles. The predicted molar refractivity (Wildman–Crippen MR) is 78.0 cm³/mol. The van der Waals surface area contributed by atoms with E-state index in [1.165, 1.54) is 24.8 Å². The van der Waals surface area contributed by atoms with Crippen molar-refractivity contribution in [2.24, 2.45) is 5.73 Å². The maximum Gasteiger partial charge on any atom is 0.164 e. The first-order valence-electron chi connectivity index (χ1n) is 7.05. The van der Waals surface area contributed by atoms with Gasteiger partial charge in [-0.25, -0.2) is 0 Å². The first kappa shape index (κ1) is 14.2. The third-order valence-corrected chi connectivity index (χ3v) is 4.36. The molecule has 0 saturated heterocycles. The molecule has 2 rings (SSSR count). The quantitative estimate of drug-likeness (QED) is 0.908. The molecule has 0 aliphatic heterocycles. The van der Waals surface area contributed by atoms with Gasteiger partial charge in [-0.2, -0.15) is 0 Å². The number of rotatable bonds is 3. The normalized spacial score (nSPS) is 18.2. The van der Waals surface area contributed by atoms with Gasteiger partial charge in [-0.05, 0) is 43.4 Å². The lowest BCUT2D eigenvalue weighted by atomic mass is 9.75. The van der Waals surface area contributed by atoms with Crippen LogP contribution in [-0.4, -0.2) is 14.2 Å². The number of ether oxygens (including phenoxy) is 2. The van der Waals surface area contributed by atoms with Crippen LogP contribution in [0.1, 0.15) is 48.8 Å². The minimum absolute atomic E-state index is 0.202. The van der Waals surface area contributed by atoms with E-state index in [0.29, 0.717) is 0 Å². The van der Waals surface area contributed by atoms with E-state index in [4.69, 9.17) is 15.2 Å². The van der Waals surface area contributed by atoms with Crippen molar-refractivity contribution >= 4 is 0 Å². The van der Waals surface area contributed by atoms with Crippen molar-refractivity contribution in [3.8, 4) is 11.5 Å². The van der Waals surface area contributed by atoms with E-state index in [9.17, 15) is 0 Å². The summed E-state index contributed by atoms with van der Waals surface area (Å²) >= 11 is 0. The van der Waals surface area contributed by atoms with Gasteiger partial charge in [-0.3, -0.25) is 0 Å². The summed E-state index contributed by atoms with van der Waals surface area (Å²) < 4.78 is 11.0. The molecule has 0 aromatic heterocycles. The van der Waals surface area contributed by atoms with Gasteiger partial charge in [0, 0.05) is 5.54 Å². The summed E-state index contributed by atoms with van der Waals surface area (Å²) in [4.78, 5) is 0. The van der Waals surface area contributed by atoms with Crippen LogP contribution in [0.25, 0.3) is 0 Å². The molecule has 1 fully saturated rings. The van der Waals surface area contributed by atoms with Crippen LogP contribution in [-0.2, 0) is 5.54 Å². The maximum absolute atomic E-state index is 6.67. The topological polar surface area (TPSA) is 44.5 Å². The maximum atomic E-state index is 6.67. The van der Waals surface area contributed by atoms with Crippen molar-refractivity contribution < 1.29 is 9.47 Å². The molecule has 19 heavy (non-hydrogen) atoms. The Morgan fingerprint density at radius 1 is 1.00 bits per heavy atom. The van der Waals surface area contributed by atoms with Crippen molar-refractivity contribution in [2.75, 3.05) is 14.2 Å². The molecule has 0 radical (unpaired) electrons. The average molecular weight is 263 g/mol. The van der Waals surface area contributed by atoms with E-state index in [-0.39, 0.29) is 5.54 Å². The fraction of sp³-hybridized carbons (Fsp3) is 0.625. The monoisotopic (exact) mass is 263 g/mol. The Balaban J connectivity index is 2.55. The molecule has 0 bridgehead atoms. The smallest absolute Gasteiger partial charge is 0.164 e. The molecule has 0 amide bonds. The van der Waals surface area contributed by atoms with Crippen molar-refractivity contribution in [1.82, 2.24) is 0 Å². The van der Waals surface area contributed by atoms with E-state index < -0.39 is 0 Å². The van der Waals surface area contributed by atoms with Crippen molar-refractivity contribution in [1.29, 1.82) is 0 Å². The molecule has 1 aromatic rings. The van der Waals surface area contributed by atoms with E-state index in [0.717, 1.165) is 35.5 Å². The lowest BCUT2D eigenvalue weighted by Crippen LogP contribution is -2.39. The van der Waals surface area contributed by atoms with Gasteiger partial charge in [-0.1, -0.05) is 25.3 Å². The molecule has 106 valence electrons. The Bertz CT molecular complexity index is 462. The third kappa shape index (κ3) is 2.44. The van der Waals surface area contributed by atoms with Crippen LogP contribution < -0.4 is 15.2 Å². The molecular weight excluding hydrogens is 238 g/mol. The molecule has 3 nitrogen and oxygen atoms in total. The number of nitrogens with two attached hydrogens (primary N) is 1. The molecule has 0 atom stereocenters. The van der Waals surface area contributed by atoms with Gasteiger partial charge in [-0.15, -0.1) is 0 Å². The standard InChI is InChI=1S/C16H25NO2/c1-11-10-13(16(17)8-6-5-7-9-16)12(2)15(19-4)14(11)18-3/h10H,5-9,17H2,1-4H3. The largest absolute Gasteiger partial charge is 0.493 e. The van der Waals surface area contributed by atoms with Gasteiger partial charge < -0.3 is 15.2 Å². The molecule has 1 aliphatic rings. The first-order chi connectivity index (χ1) is 9.03. The van der Waals surface area contributed by atoms with Gasteiger partial charge in [0.1, 0.15) is 0 Å². The number of hydrogen-bond acceptors (Lipinski definition) is 3. The van der Waals surface area contributed by atoms with Crippen LogP contribution in [0, 0.1) is 13.8 Å². The van der Waals surface area contributed by atoms with Gasteiger partial charge in [0.2, 0.25) is 0 Å². The fourth-order valence-electron chi connectivity index (χ4n) is 3.33. The molecule has 2 N–H and O–H groups in total. The Labute approximate surface area is 116 Å². The summed E-state index contributed by atoms with van der Waals surface area (Å²) in [6, 6.07) is 2.18. The van der Waals surface area contributed by atoms with Crippen molar-refractivity contribution in [3.05, 3.63) is 22.8 Å². The zero-order valence-electron chi connectivity index (χ0n) is 12.5. The van der Waals surface area contributed by atoms with E-state index in [1.54, 1.807) is 14.2 Å². The minimum atomic E-state index is -0.202. The number of benzene rings is 1. The van der Waals surface area contributed by atoms with Crippen molar-refractivity contribution in [3.63, 3.8) is 0 Å². The minimum Gasteiger partial charge on any atom is -0.493 e. The van der Waals surface area contributed by atoms with Crippen LogP contribution in [0.4, 0.5) is 0 Å². The summed E-state index contributed by atoms with van der Waals surface area (Å²) in [6.07, 6.45) is 5.84. The average Bonchev–Trinajstić information content (AvgIpc) is 2.41. The number of hydrogen-bond donors (Lipinski definition) is 1. The van der Waals surface area contributed by atoms with Gasteiger partial charge in [0.25, 0.3) is 0 Å². The van der Waals surface area contributed by atoms with Crippen molar-refractivity contribution in [2.45, 2.75) is 51.5 Å². The van der Waals surface area contributed by atoms with E-state index in [2.05, 4.69) is 19.9 Å². The molecule has 0 unspecified atom stereocenters. The molecule has 1 aliphatic carbocycles. The Morgan fingerprint density at radius 2 is 1.58 bits per heavy atom. The highest BCUT2D eigenvalue weighted by atomic mass is 16.5. The molecular formula is C16H25NO2. The summed E-state index contributed by atoms with van der Waals surface area (Å²) in [6.45, 7) is 4.13. The Hall–Kier alpha value is -1.22. The second-order valence-electron chi connectivity index (χ2n) is 5.65. The number of methoxy groups -OCH3 is 2. The highest BCUT2D eigenvalue weighted by molar-refractivity contribution is 5.56. The highest BCUT2D eigenvalue weighted by Crippen LogP contribution is 2.43. The Morgan fingerprint density at radius 3 is 2.11 bits per heavy atom. The van der Waals surface area contributed by atoms with E-state index >= 15 is 0 Å². The summed E-state index contributed by atoms with van der Waals surface area (Å²) in [7, 11) is 3.38. The first-order valence-corrected chi connectivity index (χ1v) is 7.05. The van der Waals surface area contributed by atoms with Gasteiger partial charge in [0.05, 0.1) is 14.2 Å². The second kappa shape index (κ2) is 5.41. The highest BCUT2D eigenvalue weighted by Gasteiger charge is 2.32. The second-order valence-corrected chi connectivity index (χ2v) is 5.65. The molecule has 0 spiro atoms. The lowest BCUT2D eigenvalue weighted by Gasteiger charge is -2.36. The molecule has 1 saturated carbocycles. The van der Waals surface area contributed by atoms with Crippen LogP contribution in [0.15, 0.2) is 6.07 Å². The van der Waals surface area contributed by atoms with Gasteiger partial charge >= 0.3 is 0 Å². The molecule has 1 aromatic carbocycles. The lowest BCUT2D eigenvalue weighted by molar-refractivity contribution is 0.296. The van der Waals surface area contributed by atoms with Crippen LogP contribution in [0.3, 0.4) is 0 Å².